The molecular formula is C12H11I2NO2. The Kier molecular flexibility index (Phi) is 3.77. The molecule has 2 unspecified atom stereocenters. The van der Waals surface area contributed by atoms with Crippen LogP contribution in [-0.2, 0) is 9.59 Å². The van der Waals surface area contributed by atoms with Crippen LogP contribution in [0.15, 0.2) is 18.2 Å². The third-order valence-electron chi connectivity index (χ3n) is 3.08. The van der Waals surface area contributed by atoms with Crippen molar-refractivity contribution in [2.45, 2.75) is 13.8 Å². The summed E-state index contributed by atoms with van der Waals surface area (Å²) in [5.41, 5.74) is 0.688. The van der Waals surface area contributed by atoms with Gasteiger partial charge in [-0.1, -0.05) is 13.8 Å². The van der Waals surface area contributed by atoms with Crippen molar-refractivity contribution in [2.75, 3.05) is 4.90 Å². The second kappa shape index (κ2) is 4.83. The number of carbonyl (C=O) groups excluding carboxylic acids is 2. The van der Waals surface area contributed by atoms with Gasteiger partial charge in [0.05, 0.1) is 5.69 Å². The molecule has 0 spiro atoms. The average molecular weight is 455 g/mol. The van der Waals surface area contributed by atoms with Crippen molar-refractivity contribution in [2.24, 2.45) is 11.8 Å². The summed E-state index contributed by atoms with van der Waals surface area (Å²) in [7, 11) is 0. The highest BCUT2D eigenvalue weighted by Crippen LogP contribution is 2.32. The lowest BCUT2D eigenvalue weighted by Crippen LogP contribution is -2.30. The van der Waals surface area contributed by atoms with Crippen LogP contribution in [0.4, 0.5) is 5.69 Å². The fourth-order valence-corrected chi connectivity index (χ4v) is 3.77. The van der Waals surface area contributed by atoms with E-state index in [4.69, 9.17) is 0 Å². The van der Waals surface area contributed by atoms with E-state index in [9.17, 15) is 9.59 Å². The van der Waals surface area contributed by atoms with Crippen LogP contribution in [0.25, 0.3) is 0 Å². The molecule has 1 aromatic carbocycles. The zero-order chi connectivity index (χ0) is 12.7. The number of rotatable bonds is 1. The number of hydrogen-bond donors (Lipinski definition) is 0. The van der Waals surface area contributed by atoms with Crippen LogP contribution in [0.1, 0.15) is 13.8 Å². The summed E-state index contributed by atoms with van der Waals surface area (Å²) >= 11 is 4.38. The van der Waals surface area contributed by atoms with Crippen LogP contribution in [0.5, 0.6) is 0 Å². The molecule has 0 saturated carbocycles. The lowest BCUT2D eigenvalue weighted by Gasteiger charge is -2.15. The minimum absolute atomic E-state index is 0.0969. The number of benzene rings is 1. The first-order valence-electron chi connectivity index (χ1n) is 5.25. The molecule has 2 atom stereocenters. The molecule has 0 radical (unpaired) electrons. The van der Waals surface area contributed by atoms with Gasteiger partial charge in [0.15, 0.2) is 0 Å². The van der Waals surface area contributed by atoms with E-state index >= 15 is 0 Å². The van der Waals surface area contributed by atoms with Crippen LogP contribution in [0, 0.1) is 19.0 Å². The molecule has 1 fully saturated rings. The Labute approximate surface area is 127 Å². The van der Waals surface area contributed by atoms with Gasteiger partial charge in [-0.25, -0.2) is 0 Å². The second-order valence-corrected chi connectivity index (χ2v) is 6.71. The number of imide groups is 1. The molecule has 5 heteroatoms. The molecule has 2 rings (SSSR count). The maximum absolute atomic E-state index is 12.0. The van der Waals surface area contributed by atoms with Gasteiger partial charge in [0.2, 0.25) is 11.8 Å². The van der Waals surface area contributed by atoms with Gasteiger partial charge in [-0.2, -0.15) is 0 Å². The predicted molar refractivity (Wildman–Crippen MR) is 82.7 cm³/mol. The molecule has 1 aliphatic heterocycles. The number of anilines is 1. The van der Waals surface area contributed by atoms with E-state index in [1.165, 1.54) is 4.90 Å². The standard InChI is InChI=1S/C12H11I2NO2/c1-6-7(2)12(17)15(11(6)16)10-4-8(13)3-9(14)5-10/h3-7H,1-2H3. The van der Waals surface area contributed by atoms with E-state index in [0.29, 0.717) is 5.69 Å². The highest BCUT2D eigenvalue weighted by Gasteiger charge is 2.43. The highest BCUT2D eigenvalue weighted by atomic mass is 127. The molecule has 1 saturated heterocycles. The number of hydrogen-bond acceptors (Lipinski definition) is 2. The Hall–Kier alpha value is -0.180. The molecule has 0 aromatic heterocycles. The molecular weight excluding hydrogens is 444 g/mol. The molecule has 0 N–H and O–H groups in total. The first kappa shape index (κ1) is 13.3. The Morgan fingerprint density at radius 2 is 1.35 bits per heavy atom. The third-order valence-corrected chi connectivity index (χ3v) is 4.32. The summed E-state index contributed by atoms with van der Waals surface area (Å²) in [5.74, 6) is -0.642. The largest absolute Gasteiger partial charge is 0.274 e. The molecule has 0 aliphatic carbocycles. The highest BCUT2D eigenvalue weighted by molar-refractivity contribution is 14.1. The van der Waals surface area contributed by atoms with Crippen molar-refractivity contribution in [3.8, 4) is 0 Å². The van der Waals surface area contributed by atoms with E-state index in [2.05, 4.69) is 45.2 Å². The number of nitrogens with zero attached hydrogens (tertiary/aromatic N) is 1. The van der Waals surface area contributed by atoms with Gasteiger partial charge < -0.3 is 0 Å². The summed E-state index contributed by atoms with van der Waals surface area (Å²) < 4.78 is 2.05. The number of halogens is 2. The average Bonchev–Trinajstić information content (AvgIpc) is 2.42. The van der Waals surface area contributed by atoms with Gasteiger partial charge in [0.1, 0.15) is 0 Å². The number of amides is 2. The van der Waals surface area contributed by atoms with Gasteiger partial charge in [0.25, 0.3) is 0 Å². The van der Waals surface area contributed by atoms with Crippen molar-refractivity contribution >= 4 is 62.7 Å². The third kappa shape index (κ3) is 2.35. The second-order valence-electron chi connectivity index (χ2n) is 4.22. The van der Waals surface area contributed by atoms with Crippen molar-refractivity contribution in [1.29, 1.82) is 0 Å². The van der Waals surface area contributed by atoms with Crippen LogP contribution < -0.4 is 4.90 Å². The molecule has 90 valence electrons. The van der Waals surface area contributed by atoms with E-state index in [0.717, 1.165) is 7.14 Å². The van der Waals surface area contributed by atoms with E-state index < -0.39 is 0 Å². The summed E-state index contributed by atoms with van der Waals surface area (Å²) in [6, 6.07) is 5.73. The summed E-state index contributed by atoms with van der Waals surface area (Å²) in [6.07, 6.45) is 0. The van der Waals surface area contributed by atoms with Crippen LogP contribution in [-0.4, -0.2) is 11.8 Å². The van der Waals surface area contributed by atoms with Gasteiger partial charge >= 0.3 is 0 Å². The molecule has 2 amide bonds. The molecule has 0 bridgehead atoms. The summed E-state index contributed by atoms with van der Waals surface area (Å²) in [6.45, 7) is 3.62. The van der Waals surface area contributed by atoms with Gasteiger partial charge in [0, 0.05) is 19.0 Å². The molecule has 1 heterocycles. The van der Waals surface area contributed by atoms with E-state index in [-0.39, 0.29) is 23.7 Å². The monoisotopic (exact) mass is 455 g/mol. The Morgan fingerprint density at radius 1 is 0.941 bits per heavy atom. The molecule has 1 aromatic rings. The number of carbonyl (C=O) groups is 2. The predicted octanol–water partition coefficient (Wildman–Crippen LogP) is 3.04. The fourth-order valence-electron chi connectivity index (χ4n) is 1.87. The lowest BCUT2D eigenvalue weighted by atomic mass is 10.00. The quantitative estimate of drug-likeness (QED) is 0.483. The lowest BCUT2D eigenvalue weighted by molar-refractivity contribution is -0.122. The normalized spacial score (nSPS) is 24.6. The summed E-state index contributed by atoms with van der Waals surface area (Å²) in [4.78, 5) is 25.4. The van der Waals surface area contributed by atoms with Crippen molar-refractivity contribution in [3.05, 3.63) is 25.3 Å². The van der Waals surface area contributed by atoms with E-state index in [1.54, 1.807) is 0 Å². The van der Waals surface area contributed by atoms with Gasteiger partial charge in [-0.3, -0.25) is 14.5 Å². The SMILES string of the molecule is CC1C(=O)N(c2cc(I)cc(I)c2)C(=O)C1C. The van der Waals surface area contributed by atoms with Crippen LogP contribution in [0.3, 0.4) is 0 Å². The smallest absolute Gasteiger partial charge is 0.237 e. The minimum Gasteiger partial charge on any atom is -0.274 e. The van der Waals surface area contributed by atoms with Gasteiger partial charge in [-0.05, 0) is 63.4 Å². The van der Waals surface area contributed by atoms with E-state index in [1.807, 2.05) is 32.0 Å². The Morgan fingerprint density at radius 3 is 1.76 bits per heavy atom. The van der Waals surface area contributed by atoms with Gasteiger partial charge in [-0.15, -0.1) is 0 Å². The van der Waals surface area contributed by atoms with Crippen LogP contribution >= 0.6 is 45.2 Å². The molecule has 3 nitrogen and oxygen atoms in total. The first-order chi connectivity index (χ1) is 7.91. The van der Waals surface area contributed by atoms with Crippen molar-refractivity contribution < 1.29 is 9.59 Å². The Balaban J connectivity index is 2.47. The minimum atomic E-state index is -0.224. The topological polar surface area (TPSA) is 37.4 Å². The van der Waals surface area contributed by atoms with Crippen LogP contribution in [0.2, 0.25) is 0 Å². The molecule has 17 heavy (non-hydrogen) atoms. The maximum atomic E-state index is 12.0. The van der Waals surface area contributed by atoms with Crippen molar-refractivity contribution in [3.63, 3.8) is 0 Å². The zero-order valence-corrected chi connectivity index (χ0v) is 13.7. The zero-order valence-electron chi connectivity index (χ0n) is 9.41. The van der Waals surface area contributed by atoms with Crippen molar-refractivity contribution in [1.82, 2.24) is 0 Å². The first-order valence-corrected chi connectivity index (χ1v) is 7.41. The Bertz CT molecular complexity index is 461. The summed E-state index contributed by atoms with van der Waals surface area (Å²) in [5, 5.41) is 0. The fraction of sp³-hybridized carbons (Fsp3) is 0.333. The maximum Gasteiger partial charge on any atom is 0.237 e. The molecule has 1 aliphatic rings.